The SMILES string of the molecule is Cc1csc2nc(Nc3ccc(N4CCC(N5CCC5)CC4)c(CO)c3)nc(Nc3cc(F)cc(C(C)(C)O)c3)c12. The van der Waals surface area contributed by atoms with Gasteiger partial charge in [0.15, 0.2) is 0 Å². The molecule has 0 saturated carbocycles. The molecule has 0 unspecified atom stereocenters. The van der Waals surface area contributed by atoms with Gasteiger partial charge >= 0.3 is 0 Å². The zero-order chi connectivity index (χ0) is 28.7. The Morgan fingerprint density at radius 3 is 2.49 bits per heavy atom. The number of likely N-dealkylation sites (tertiary alicyclic amines) is 1. The standard InChI is InChI=1S/C31H37FN6O2S/c1-19-18-41-29-27(19)28(33-24-15-21(31(2,3)40)14-22(32)16-24)35-30(36-29)34-23-5-6-26(20(13-23)17-39)38-11-7-25(8-12-38)37-9-4-10-37/h5-6,13-16,18,25,39-40H,4,7-12,17H2,1-3H3,(H2,33,34,35,36). The molecule has 4 heterocycles. The van der Waals surface area contributed by atoms with Gasteiger partial charge in [-0.1, -0.05) is 0 Å². The summed E-state index contributed by atoms with van der Waals surface area (Å²) in [6, 6.07) is 11.2. The maximum Gasteiger partial charge on any atom is 0.230 e. The summed E-state index contributed by atoms with van der Waals surface area (Å²) in [6.45, 7) is 9.62. The van der Waals surface area contributed by atoms with Crippen molar-refractivity contribution >= 4 is 50.4 Å². The van der Waals surface area contributed by atoms with Gasteiger partial charge in [-0.25, -0.2) is 9.37 Å². The first kappa shape index (κ1) is 27.8. The van der Waals surface area contributed by atoms with Crippen molar-refractivity contribution in [3.05, 3.63) is 64.3 Å². The van der Waals surface area contributed by atoms with Crippen LogP contribution in [-0.4, -0.2) is 57.3 Å². The maximum absolute atomic E-state index is 14.5. The summed E-state index contributed by atoms with van der Waals surface area (Å²) < 4.78 is 14.5. The van der Waals surface area contributed by atoms with Crippen LogP contribution in [0, 0.1) is 12.7 Å². The zero-order valence-electron chi connectivity index (χ0n) is 23.7. The van der Waals surface area contributed by atoms with E-state index in [4.69, 9.17) is 9.97 Å². The molecule has 0 aliphatic carbocycles. The van der Waals surface area contributed by atoms with Crippen LogP contribution in [0.25, 0.3) is 10.2 Å². The fourth-order valence-electron chi connectivity index (χ4n) is 5.79. The number of rotatable bonds is 8. The lowest BCUT2D eigenvalue weighted by Gasteiger charge is -2.43. The van der Waals surface area contributed by atoms with Gasteiger partial charge in [0.25, 0.3) is 0 Å². The molecule has 0 amide bonds. The van der Waals surface area contributed by atoms with E-state index in [9.17, 15) is 14.6 Å². The third-order valence-corrected chi connectivity index (χ3v) is 9.19. The van der Waals surface area contributed by atoms with Gasteiger partial charge in [-0.05, 0) is 106 Å². The summed E-state index contributed by atoms with van der Waals surface area (Å²) in [5.41, 5.74) is 3.50. The molecule has 2 aromatic carbocycles. The second-order valence-corrected chi connectivity index (χ2v) is 12.5. The fraction of sp³-hybridized carbons (Fsp3) is 0.419. The normalized spacial score (nSPS) is 16.7. The van der Waals surface area contributed by atoms with Crippen LogP contribution in [0.3, 0.4) is 0 Å². The van der Waals surface area contributed by atoms with Crippen molar-refractivity contribution in [3.63, 3.8) is 0 Å². The summed E-state index contributed by atoms with van der Waals surface area (Å²) in [7, 11) is 0. The Balaban J connectivity index is 1.25. The molecule has 6 rings (SSSR count). The Bertz CT molecular complexity index is 1560. The first-order valence-electron chi connectivity index (χ1n) is 14.2. The van der Waals surface area contributed by atoms with Crippen molar-refractivity contribution < 1.29 is 14.6 Å². The number of nitrogens with zero attached hydrogens (tertiary/aromatic N) is 4. The molecule has 0 radical (unpaired) electrons. The number of piperidine rings is 1. The Hall–Kier alpha value is -3.31. The van der Waals surface area contributed by atoms with Crippen molar-refractivity contribution in [1.82, 2.24) is 14.9 Å². The highest BCUT2D eigenvalue weighted by Gasteiger charge is 2.28. The number of benzene rings is 2. The third-order valence-electron chi connectivity index (χ3n) is 8.20. The molecule has 10 heteroatoms. The molecule has 0 atom stereocenters. The minimum atomic E-state index is -1.19. The molecular weight excluding hydrogens is 539 g/mol. The summed E-state index contributed by atoms with van der Waals surface area (Å²) in [4.78, 5) is 15.3. The van der Waals surface area contributed by atoms with Gasteiger partial charge in [0.1, 0.15) is 16.5 Å². The second-order valence-electron chi connectivity index (χ2n) is 11.6. The highest BCUT2D eigenvalue weighted by Crippen LogP contribution is 2.35. The molecule has 2 aliphatic heterocycles. The van der Waals surface area contributed by atoms with E-state index >= 15 is 0 Å². The predicted molar refractivity (Wildman–Crippen MR) is 164 cm³/mol. The van der Waals surface area contributed by atoms with Crippen molar-refractivity contribution in [2.45, 2.75) is 58.3 Å². The zero-order valence-corrected chi connectivity index (χ0v) is 24.6. The smallest absolute Gasteiger partial charge is 0.230 e. The molecule has 216 valence electrons. The minimum absolute atomic E-state index is 0.0587. The number of fused-ring (bicyclic) bond motifs is 1. The first-order valence-corrected chi connectivity index (χ1v) is 15.1. The van der Waals surface area contributed by atoms with Crippen molar-refractivity contribution in [3.8, 4) is 0 Å². The van der Waals surface area contributed by atoms with Crippen LogP contribution in [0.4, 0.5) is 33.2 Å². The van der Waals surface area contributed by atoms with E-state index in [2.05, 4.69) is 26.5 Å². The van der Waals surface area contributed by atoms with E-state index in [1.807, 2.05) is 24.4 Å². The Morgan fingerprint density at radius 1 is 1.02 bits per heavy atom. The Morgan fingerprint density at radius 2 is 1.80 bits per heavy atom. The van der Waals surface area contributed by atoms with E-state index in [1.54, 1.807) is 19.9 Å². The quantitative estimate of drug-likeness (QED) is 0.202. The van der Waals surface area contributed by atoms with E-state index < -0.39 is 11.4 Å². The molecule has 8 nitrogen and oxygen atoms in total. The number of aromatic nitrogens is 2. The van der Waals surface area contributed by atoms with Gasteiger partial charge in [-0.15, -0.1) is 11.3 Å². The number of aryl methyl sites for hydroxylation is 1. The van der Waals surface area contributed by atoms with Crippen LogP contribution in [0.15, 0.2) is 41.8 Å². The summed E-state index contributed by atoms with van der Waals surface area (Å²) in [5.74, 6) is 0.500. The summed E-state index contributed by atoms with van der Waals surface area (Å²) >= 11 is 1.52. The molecule has 2 aromatic heterocycles. The third kappa shape index (κ3) is 5.88. The number of hydrogen-bond donors (Lipinski definition) is 4. The van der Waals surface area contributed by atoms with Crippen LogP contribution in [0.2, 0.25) is 0 Å². The monoisotopic (exact) mass is 576 g/mol. The molecule has 2 saturated heterocycles. The van der Waals surface area contributed by atoms with Crippen LogP contribution in [0.1, 0.15) is 49.8 Å². The largest absolute Gasteiger partial charge is 0.392 e. The molecule has 41 heavy (non-hydrogen) atoms. The predicted octanol–water partition coefficient (Wildman–Crippen LogP) is 6.02. The molecule has 2 fully saturated rings. The fourth-order valence-corrected chi connectivity index (χ4v) is 6.71. The number of hydrogen-bond acceptors (Lipinski definition) is 9. The van der Waals surface area contributed by atoms with E-state index in [1.165, 1.54) is 43.0 Å². The molecule has 2 aliphatic rings. The van der Waals surface area contributed by atoms with Crippen molar-refractivity contribution in [2.24, 2.45) is 0 Å². The summed E-state index contributed by atoms with van der Waals surface area (Å²) in [5, 5.41) is 30.1. The molecule has 0 bridgehead atoms. The average molecular weight is 577 g/mol. The lowest BCUT2D eigenvalue weighted by molar-refractivity contribution is 0.0783. The molecular formula is C31H37FN6O2S. The van der Waals surface area contributed by atoms with Crippen LogP contribution in [-0.2, 0) is 12.2 Å². The van der Waals surface area contributed by atoms with E-state index in [0.29, 0.717) is 29.1 Å². The lowest BCUT2D eigenvalue weighted by Crippen LogP contribution is -2.50. The molecule has 0 spiro atoms. The van der Waals surface area contributed by atoms with Crippen LogP contribution in [0.5, 0.6) is 0 Å². The molecule has 4 N–H and O–H groups in total. The van der Waals surface area contributed by atoms with Gasteiger partial charge in [-0.2, -0.15) is 4.98 Å². The van der Waals surface area contributed by atoms with Gasteiger partial charge < -0.3 is 30.6 Å². The minimum Gasteiger partial charge on any atom is -0.392 e. The first-order chi connectivity index (χ1) is 19.7. The van der Waals surface area contributed by atoms with Gasteiger partial charge in [-0.3, -0.25) is 0 Å². The Kier molecular flexibility index (Phi) is 7.58. The lowest BCUT2D eigenvalue weighted by atomic mass is 9.98. The van der Waals surface area contributed by atoms with Crippen molar-refractivity contribution in [1.29, 1.82) is 0 Å². The summed E-state index contributed by atoms with van der Waals surface area (Å²) in [6.07, 6.45) is 3.62. The highest BCUT2D eigenvalue weighted by molar-refractivity contribution is 7.17. The van der Waals surface area contributed by atoms with Gasteiger partial charge in [0.2, 0.25) is 5.95 Å². The number of thiophene rings is 1. The van der Waals surface area contributed by atoms with Crippen LogP contribution < -0.4 is 15.5 Å². The number of anilines is 5. The number of halogens is 1. The van der Waals surface area contributed by atoms with Gasteiger partial charge in [0, 0.05) is 41.8 Å². The van der Waals surface area contributed by atoms with Crippen LogP contribution >= 0.6 is 11.3 Å². The molecule has 4 aromatic rings. The number of aliphatic hydroxyl groups is 2. The topological polar surface area (TPSA) is 96.8 Å². The van der Waals surface area contributed by atoms with E-state index in [-0.39, 0.29) is 6.61 Å². The average Bonchev–Trinajstić information content (AvgIpc) is 3.28. The number of nitrogens with one attached hydrogen (secondary N) is 2. The van der Waals surface area contributed by atoms with E-state index in [0.717, 1.165) is 58.6 Å². The number of aliphatic hydroxyl groups excluding tert-OH is 1. The maximum atomic E-state index is 14.5. The van der Waals surface area contributed by atoms with Crippen molar-refractivity contribution in [2.75, 3.05) is 41.7 Å². The Labute approximate surface area is 243 Å². The van der Waals surface area contributed by atoms with Gasteiger partial charge in [0.05, 0.1) is 17.6 Å². The highest BCUT2D eigenvalue weighted by atomic mass is 32.1. The second kappa shape index (κ2) is 11.2.